The number of sulfonamides is 1. The summed E-state index contributed by atoms with van der Waals surface area (Å²) in [5, 5.41) is 0.480. The summed E-state index contributed by atoms with van der Waals surface area (Å²) in [5.74, 6) is -1.26. The Kier molecular flexibility index (Phi) is 5.76. The number of likely N-dealkylation sites (tertiary alicyclic amines) is 1. The fourth-order valence-electron chi connectivity index (χ4n) is 3.18. The average Bonchev–Trinajstić information content (AvgIpc) is 2.62. The van der Waals surface area contributed by atoms with E-state index in [4.69, 9.17) is 11.6 Å². The van der Waals surface area contributed by atoms with Gasteiger partial charge in [-0.15, -0.1) is 0 Å². The zero-order valence-corrected chi connectivity index (χ0v) is 17.0. The lowest BCUT2D eigenvalue weighted by molar-refractivity contribution is -0.156. The summed E-state index contributed by atoms with van der Waals surface area (Å²) in [4.78, 5) is 26.7. The predicted molar refractivity (Wildman–Crippen MR) is 107 cm³/mol. The number of carbonyl (C=O) groups is 2. The Morgan fingerprint density at radius 2 is 1.75 bits per heavy atom. The Morgan fingerprint density at radius 1 is 1.11 bits per heavy atom. The van der Waals surface area contributed by atoms with Gasteiger partial charge in [-0.25, -0.2) is 8.42 Å². The van der Waals surface area contributed by atoms with Gasteiger partial charge in [-0.1, -0.05) is 60.1 Å². The van der Waals surface area contributed by atoms with E-state index in [1.807, 2.05) is 0 Å². The molecule has 0 radical (unpaired) electrons. The summed E-state index contributed by atoms with van der Waals surface area (Å²) in [5.41, 5.74) is 0.0518. The van der Waals surface area contributed by atoms with E-state index in [1.165, 1.54) is 4.90 Å². The van der Waals surface area contributed by atoms with Gasteiger partial charge in [0.1, 0.15) is 5.54 Å². The molecule has 0 aromatic heterocycles. The molecule has 2 aromatic rings. The number of carbonyl (C=O) groups excluding carboxylic acids is 2. The number of nitrogens with one attached hydrogen (secondary N) is 1. The van der Waals surface area contributed by atoms with Crippen LogP contribution in [0.25, 0.3) is 0 Å². The van der Waals surface area contributed by atoms with Gasteiger partial charge in [-0.3, -0.25) is 14.3 Å². The van der Waals surface area contributed by atoms with Gasteiger partial charge in [-0.2, -0.15) is 0 Å². The molecule has 0 bridgehead atoms. The highest BCUT2D eigenvalue weighted by Crippen LogP contribution is 2.32. The molecule has 28 heavy (non-hydrogen) atoms. The van der Waals surface area contributed by atoms with Crippen LogP contribution in [0.15, 0.2) is 54.6 Å². The van der Waals surface area contributed by atoms with Crippen molar-refractivity contribution in [2.24, 2.45) is 0 Å². The van der Waals surface area contributed by atoms with Gasteiger partial charge in [-0.05, 0) is 30.5 Å². The van der Waals surface area contributed by atoms with Crippen molar-refractivity contribution in [3.63, 3.8) is 0 Å². The molecule has 0 saturated carbocycles. The summed E-state index contributed by atoms with van der Waals surface area (Å²) in [6.45, 7) is 1.97. The molecule has 1 atom stereocenters. The SMILES string of the molecule is CC1(C(=O)NS(=O)(=O)Cc2ccccc2)CCN1C(=O)Cc1ccccc1Cl. The molecule has 0 spiro atoms. The molecule has 1 N–H and O–H groups in total. The van der Waals surface area contributed by atoms with E-state index in [0.29, 0.717) is 29.1 Å². The van der Waals surface area contributed by atoms with Crippen LogP contribution >= 0.6 is 11.6 Å². The van der Waals surface area contributed by atoms with Gasteiger partial charge < -0.3 is 4.90 Å². The van der Waals surface area contributed by atoms with Crippen molar-refractivity contribution in [3.8, 4) is 0 Å². The predicted octanol–water partition coefficient (Wildman–Crippen LogP) is 2.52. The fourth-order valence-corrected chi connectivity index (χ4v) is 4.58. The second kappa shape index (κ2) is 7.93. The van der Waals surface area contributed by atoms with Gasteiger partial charge in [0.25, 0.3) is 5.91 Å². The van der Waals surface area contributed by atoms with E-state index < -0.39 is 21.5 Å². The third-order valence-electron chi connectivity index (χ3n) is 4.96. The van der Waals surface area contributed by atoms with Crippen LogP contribution in [-0.2, 0) is 31.8 Å². The standard InChI is InChI=1S/C20H21ClN2O4S/c1-20(19(25)22-28(26,27)14-15-7-3-2-4-8-15)11-12-23(20)18(24)13-16-9-5-6-10-17(16)21/h2-10H,11-14H2,1H3,(H,22,25). The summed E-state index contributed by atoms with van der Waals surface area (Å²) >= 11 is 6.10. The Hall–Kier alpha value is -2.38. The molecule has 1 aliphatic heterocycles. The molecule has 148 valence electrons. The molecule has 1 saturated heterocycles. The van der Waals surface area contributed by atoms with Crippen LogP contribution in [0.3, 0.4) is 0 Å². The second-order valence-electron chi connectivity index (χ2n) is 7.01. The minimum absolute atomic E-state index is 0.0549. The summed E-state index contributed by atoms with van der Waals surface area (Å²) in [6, 6.07) is 15.6. The van der Waals surface area contributed by atoms with E-state index in [1.54, 1.807) is 61.5 Å². The number of amides is 2. The quantitative estimate of drug-likeness (QED) is 0.778. The molecular weight excluding hydrogens is 400 g/mol. The van der Waals surface area contributed by atoms with Gasteiger partial charge in [0.05, 0.1) is 12.2 Å². The van der Waals surface area contributed by atoms with Crippen LogP contribution in [0.4, 0.5) is 0 Å². The normalized spacial score (nSPS) is 19.0. The van der Waals surface area contributed by atoms with Crippen molar-refractivity contribution >= 4 is 33.4 Å². The summed E-state index contributed by atoms with van der Waals surface area (Å²) in [7, 11) is -3.87. The first-order chi connectivity index (χ1) is 13.2. The van der Waals surface area contributed by atoms with Crippen molar-refractivity contribution in [2.45, 2.75) is 31.1 Å². The lowest BCUT2D eigenvalue weighted by atomic mass is 9.85. The molecule has 6 nitrogen and oxygen atoms in total. The minimum atomic E-state index is -3.87. The number of benzene rings is 2. The highest BCUT2D eigenvalue weighted by molar-refractivity contribution is 7.89. The number of hydrogen-bond donors (Lipinski definition) is 1. The van der Waals surface area contributed by atoms with E-state index >= 15 is 0 Å². The second-order valence-corrected chi connectivity index (χ2v) is 9.14. The molecule has 2 amide bonds. The van der Waals surface area contributed by atoms with Crippen molar-refractivity contribution in [1.29, 1.82) is 0 Å². The lowest BCUT2D eigenvalue weighted by Crippen LogP contribution is -2.68. The Morgan fingerprint density at radius 3 is 2.36 bits per heavy atom. The summed E-state index contributed by atoms with van der Waals surface area (Å²) in [6.07, 6.45) is 0.452. The van der Waals surface area contributed by atoms with E-state index in [-0.39, 0.29) is 18.1 Å². The maximum absolute atomic E-state index is 12.7. The van der Waals surface area contributed by atoms with Crippen LogP contribution in [0.2, 0.25) is 5.02 Å². The van der Waals surface area contributed by atoms with E-state index in [0.717, 1.165) is 0 Å². The third kappa shape index (κ3) is 4.36. The molecule has 1 fully saturated rings. The number of hydrogen-bond acceptors (Lipinski definition) is 4. The molecule has 0 aliphatic carbocycles. The average molecular weight is 421 g/mol. The first-order valence-corrected chi connectivity index (χ1v) is 10.9. The van der Waals surface area contributed by atoms with Gasteiger partial charge in [0, 0.05) is 11.6 Å². The molecule has 1 unspecified atom stereocenters. The maximum atomic E-state index is 12.7. The van der Waals surface area contributed by atoms with Crippen LogP contribution < -0.4 is 4.72 Å². The van der Waals surface area contributed by atoms with E-state index in [9.17, 15) is 18.0 Å². The first-order valence-electron chi connectivity index (χ1n) is 8.84. The zero-order valence-electron chi connectivity index (χ0n) is 15.4. The van der Waals surface area contributed by atoms with Crippen LogP contribution in [0, 0.1) is 0 Å². The molecular formula is C20H21ClN2O4S. The van der Waals surface area contributed by atoms with E-state index in [2.05, 4.69) is 4.72 Å². The minimum Gasteiger partial charge on any atom is -0.328 e. The van der Waals surface area contributed by atoms with Crippen molar-refractivity contribution in [1.82, 2.24) is 9.62 Å². The highest BCUT2D eigenvalue weighted by Gasteiger charge is 2.50. The third-order valence-corrected chi connectivity index (χ3v) is 6.53. The largest absolute Gasteiger partial charge is 0.328 e. The Labute approximate surface area is 169 Å². The van der Waals surface area contributed by atoms with Crippen molar-refractivity contribution in [3.05, 3.63) is 70.7 Å². The zero-order chi connectivity index (χ0) is 20.4. The summed E-state index contributed by atoms with van der Waals surface area (Å²) < 4.78 is 26.8. The number of halogens is 1. The molecule has 1 heterocycles. The lowest BCUT2D eigenvalue weighted by Gasteiger charge is -2.49. The molecule has 1 aliphatic rings. The molecule has 2 aromatic carbocycles. The van der Waals surface area contributed by atoms with Crippen molar-refractivity contribution in [2.75, 3.05) is 6.54 Å². The Bertz CT molecular complexity index is 994. The van der Waals surface area contributed by atoms with Crippen LogP contribution in [-0.4, -0.2) is 37.2 Å². The topological polar surface area (TPSA) is 83.6 Å². The number of nitrogens with zero attached hydrogens (tertiary/aromatic N) is 1. The first kappa shape index (κ1) is 20.4. The highest BCUT2D eigenvalue weighted by atomic mass is 35.5. The number of rotatable bonds is 6. The van der Waals surface area contributed by atoms with Gasteiger partial charge >= 0.3 is 0 Å². The Balaban J connectivity index is 1.67. The fraction of sp³-hybridized carbons (Fsp3) is 0.300. The molecule has 3 rings (SSSR count). The van der Waals surface area contributed by atoms with Gasteiger partial charge in [0.15, 0.2) is 0 Å². The maximum Gasteiger partial charge on any atom is 0.259 e. The monoisotopic (exact) mass is 420 g/mol. The van der Waals surface area contributed by atoms with Gasteiger partial charge in [0.2, 0.25) is 15.9 Å². The van der Waals surface area contributed by atoms with Crippen LogP contribution in [0.1, 0.15) is 24.5 Å². The molecule has 8 heteroatoms. The van der Waals surface area contributed by atoms with Crippen molar-refractivity contribution < 1.29 is 18.0 Å². The smallest absolute Gasteiger partial charge is 0.259 e. The van der Waals surface area contributed by atoms with Crippen LogP contribution in [0.5, 0.6) is 0 Å².